The SMILES string of the molecule is CCC(O)CC(C)C(C)CC. The highest BCUT2D eigenvalue weighted by Gasteiger charge is 2.13. The third kappa shape index (κ3) is 4.41. The zero-order valence-corrected chi connectivity index (χ0v) is 8.30. The maximum Gasteiger partial charge on any atom is 0.0540 e. The maximum absolute atomic E-state index is 9.37. The molecule has 1 nitrogen and oxygen atoms in total. The van der Waals surface area contributed by atoms with E-state index in [2.05, 4.69) is 20.8 Å². The fraction of sp³-hybridized carbons (Fsp3) is 1.00. The molecule has 0 fully saturated rings. The van der Waals surface area contributed by atoms with Crippen LogP contribution in [0.15, 0.2) is 0 Å². The van der Waals surface area contributed by atoms with Crippen LogP contribution < -0.4 is 0 Å². The van der Waals surface area contributed by atoms with Gasteiger partial charge in [-0.25, -0.2) is 0 Å². The van der Waals surface area contributed by atoms with Gasteiger partial charge in [0.05, 0.1) is 6.10 Å². The summed E-state index contributed by atoms with van der Waals surface area (Å²) in [4.78, 5) is 0. The van der Waals surface area contributed by atoms with Gasteiger partial charge in [-0.15, -0.1) is 0 Å². The van der Waals surface area contributed by atoms with Gasteiger partial charge in [-0.05, 0) is 24.7 Å². The smallest absolute Gasteiger partial charge is 0.0540 e. The molecule has 0 radical (unpaired) electrons. The van der Waals surface area contributed by atoms with Crippen molar-refractivity contribution < 1.29 is 5.11 Å². The summed E-state index contributed by atoms with van der Waals surface area (Å²) in [7, 11) is 0. The van der Waals surface area contributed by atoms with Gasteiger partial charge in [0.1, 0.15) is 0 Å². The predicted octanol–water partition coefficient (Wildman–Crippen LogP) is 2.83. The summed E-state index contributed by atoms with van der Waals surface area (Å²) in [5, 5.41) is 9.37. The lowest BCUT2D eigenvalue weighted by atomic mass is 9.88. The number of hydrogen-bond acceptors (Lipinski definition) is 1. The summed E-state index contributed by atoms with van der Waals surface area (Å²) in [6.07, 6.45) is 2.99. The van der Waals surface area contributed by atoms with Gasteiger partial charge in [0.15, 0.2) is 0 Å². The van der Waals surface area contributed by atoms with Gasteiger partial charge in [-0.2, -0.15) is 0 Å². The van der Waals surface area contributed by atoms with E-state index >= 15 is 0 Å². The van der Waals surface area contributed by atoms with Crippen molar-refractivity contribution in [2.75, 3.05) is 0 Å². The Hall–Kier alpha value is -0.0400. The Morgan fingerprint density at radius 1 is 1.00 bits per heavy atom. The summed E-state index contributed by atoms with van der Waals surface area (Å²) < 4.78 is 0. The Bertz CT molecular complexity index is 90.9. The zero-order valence-electron chi connectivity index (χ0n) is 8.30. The minimum absolute atomic E-state index is 0.0843. The van der Waals surface area contributed by atoms with Crippen LogP contribution >= 0.6 is 0 Å². The Balaban J connectivity index is 3.58. The highest BCUT2D eigenvalue weighted by molar-refractivity contribution is 4.64. The molecule has 0 aromatic rings. The molecule has 0 aliphatic carbocycles. The standard InChI is InChI=1S/C10H22O/c1-5-8(3)9(4)7-10(11)6-2/h8-11H,5-7H2,1-4H3. The minimum atomic E-state index is -0.0843. The number of rotatable bonds is 5. The molecule has 0 aliphatic heterocycles. The molecular weight excluding hydrogens is 136 g/mol. The third-order valence-corrected chi connectivity index (χ3v) is 2.73. The van der Waals surface area contributed by atoms with Crippen molar-refractivity contribution >= 4 is 0 Å². The Morgan fingerprint density at radius 2 is 1.55 bits per heavy atom. The molecule has 0 rings (SSSR count). The predicted molar refractivity (Wildman–Crippen MR) is 49.5 cm³/mol. The first kappa shape index (κ1) is 11.0. The number of hydrogen-bond donors (Lipinski definition) is 1. The molecular formula is C10H22O. The second kappa shape index (κ2) is 5.59. The van der Waals surface area contributed by atoms with Crippen molar-refractivity contribution in [2.45, 2.75) is 53.1 Å². The van der Waals surface area contributed by atoms with Crippen LogP contribution in [0.25, 0.3) is 0 Å². The van der Waals surface area contributed by atoms with Gasteiger partial charge < -0.3 is 5.11 Å². The van der Waals surface area contributed by atoms with Gasteiger partial charge in [0, 0.05) is 0 Å². The number of aliphatic hydroxyl groups excluding tert-OH is 1. The summed E-state index contributed by atoms with van der Waals surface area (Å²) in [6, 6.07) is 0. The quantitative estimate of drug-likeness (QED) is 0.652. The van der Waals surface area contributed by atoms with Crippen molar-refractivity contribution in [1.82, 2.24) is 0 Å². The fourth-order valence-corrected chi connectivity index (χ4v) is 1.23. The van der Waals surface area contributed by atoms with Crippen LogP contribution in [0.3, 0.4) is 0 Å². The Morgan fingerprint density at radius 3 is 1.91 bits per heavy atom. The molecule has 0 aromatic heterocycles. The molecule has 1 N–H and O–H groups in total. The van der Waals surface area contributed by atoms with Crippen LogP contribution in [0.4, 0.5) is 0 Å². The van der Waals surface area contributed by atoms with Gasteiger partial charge in [0.25, 0.3) is 0 Å². The molecule has 68 valence electrons. The first-order valence-electron chi connectivity index (χ1n) is 4.79. The van der Waals surface area contributed by atoms with E-state index in [1.54, 1.807) is 0 Å². The molecule has 0 saturated carbocycles. The first-order valence-corrected chi connectivity index (χ1v) is 4.79. The summed E-state index contributed by atoms with van der Waals surface area (Å²) >= 11 is 0. The molecule has 0 heterocycles. The third-order valence-electron chi connectivity index (χ3n) is 2.73. The summed E-state index contributed by atoms with van der Waals surface area (Å²) in [5.41, 5.74) is 0. The lowest BCUT2D eigenvalue weighted by Gasteiger charge is -2.20. The van der Waals surface area contributed by atoms with Crippen molar-refractivity contribution in [1.29, 1.82) is 0 Å². The molecule has 1 heteroatoms. The normalized spacial score (nSPS) is 19.4. The molecule has 3 unspecified atom stereocenters. The lowest BCUT2D eigenvalue weighted by Crippen LogP contribution is -2.15. The van der Waals surface area contributed by atoms with Crippen LogP contribution in [-0.2, 0) is 0 Å². The van der Waals surface area contributed by atoms with E-state index in [1.807, 2.05) is 6.92 Å². The monoisotopic (exact) mass is 158 g/mol. The van der Waals surface area contributed by atoms with Gasteiger partial charge in [-0.3, -0.25) is 0 Å². The molecule has 0 bridgehead atoms. The average molecular weight is 158 g/mol. The van der Waals surface area contributed by atoms with E-state index in [-0.39, 0.29) is 6.10 Å². The van der Waals surface area contributed by atoms with Crippen LogP contribution in [0.2, 0.25) is 0 Å². The minimum Gasteiger partial charge on any atom is -0.393 e. The highest BCUT2D eigenvalue weighted by Crippen LogP contribution is 2.20. The van der Waals surface area contributed by atoms with Gasteiger partial charge >= 0.3 is 0 Å². The highest BCUT2D eigenvalue weighted by atomic mass is 16.3. The fourth-order valence-electron chi connectivity index (χ4n) is 1.23. The van der Waals surface area contributed by atoms with Crippen LogP contribution in [-0.4, -0.2) is 11.2 Å². The van der Waals surface area contributed by atoms with Crippen LogP contribution in [0.1, 0.15) is 47.0 Å². The molecule has 0 aromatic carbocycles. The van der Waals surface area contributed by atoms with E-state index < -0.39 is 0 Å². The largest absolute Gasteiger partial charge is 0.393 e. The molecule has 0 aliphatic rings. The Kier molecular flexibility index (Phi) is 5.57. The van der Waals surface area contributed by atoms with Crippen LogP contribution in [0, 0.1) is 11.8 Å². The van der Waals surface area contributed by atoms with Gasteiger partial charge in [-0.1, -0.05) is 34.1 Å². The second-order valence-electron chi connectivity index (χ2n) is 3.66. The van der Waals surface area contributed by atoms with E-state index in [0.29, 0.717) is 5.92 Å². The van der Waals surface area contributed by atoms with Crippen molar-refractivity contribution in [2.24, 2.45) is 11.8 Å². The van der Waals surface area contributed by atoms with E-state index in [1.165, 1.54) is 6.42 Å². The van der Waals surface area contributed by atoms with Crippen molar-refractivity contribution in [3.05, 3.63) is 0 Å². The van der Waals surface area contributed by atoms with Crippen LogP contribution in [0.5, 0.6) is 0 Å². The molecule has 0 spiro atoms. The van der Waals surface area contributed by atoms with Crippen molar-refractivity contribution in [3.63, 3.8) is 0 Å². The summed E-state index contributed by atoms with van der Waals surface area (Å²) in [5.74, 6) is 1.41. The molecule has 3 atom stereocenters. The van der Waals surface area contributed by atoms with Crippen molar-refractivity contribution in [3.8, 4) is 0 Å². The van der Waals surface area contributed by atoms with E-state index in [9.17, 15) is 5.11 Å². The molecule has 0 saturated heterocycles. The zero-order chi connectivity index (χ0) is 8.85. The number of aliphatic hydroxyl groups is 1. The Labute approximate surface area is 70.8 Å². The second-order valence-corrected chi connectivity index (χ2v) is 3.66. The van der Waals surface area contributed by atoms with E-state index in [0.717, 1.165) is 18.8 Å². The topological polar surface area (TPSA) is 20.2 Å². The average Bonchev–Trinajstić information content (AvgIpc) is 2.02. The maximum atomic E-state index is 9.37. The van der Waals surface area contributed by atoms with E-state index in [4.69, 9.17) is 0 Å². The molecule has 0 amide bonds. The summed E-state index contributed by atoms with van der Waals surface area (Å²) in [6.45, 7) is 8.73. The molecule has 11 heavy (non-hydrogen) atoms. The lowest BCUT2D eigenvalue weighted by molar-refractivity contribution is 0.127. The first-order chi connectivity index (χ1) is 5.11. The van der Waals surface area contributed by atoms with Gasteiger partial charge in [0.2, 0.25) is 0 Å².